The van der Waals surface area contributed by atoms with Gasteiger partial charge in [0.15, 0.2) is 6.29 Å². The highest BCUT2D eigenvalue weighted by Gasteiger charge is 2.51. The third-order valence-electron chi connectivity index (χ3n) is 5.32. The summed E-state index contributed by atoms with van der Waals surface area (Å²) in [7, 11) is 1.40. The van der Waals surface area contributed by atoms with Gasteiger partial charge in [-0.15, -0.1) is 0 Å². The molecule has 1 unspecified atom stereocenters. The van der Waals surface area contributed by atoms with E-state index in [1.54, 1.807) is 0 Å². The lowest BCUT2D eigenvalue weighted by Gasteiger charge is -2.39. The molecule has 154 valence electrons. The molecular formula is C19H20FN3O6. The van der Waals surface area contributed by atoms with Crippen LogP contribution < -0.4 is 10.6 Å². The lowest BCUT2D eigenvalue weighted by atomic mass is 9.77. The van der Waals surface area contributed by atoms with E-state index in [-0.39, 0.29) is 42.5 Å². The van der Waals surface area contributed by atoms with Crippen LogP contribution in [0.1, 0.15) is 46.4 Å². The van der Waals surface area contributed by atoms with Crippen LogP contribution in [-0.4, -0.2) is 64.8 Å². The van der Waals surface area contributed by atoms with Crippen LogP contribution in [0.25, 0.3) is 0 Å². The number of carboxylic acids is 1. The van der Waals surface area contributed by atoms with Crippen molar-refractivity contribution < 1.29 is 33.5 Å². The lowest BCUT2D eigenvalue weighted by Crippen LogP contribution is -2.53. The molecule has 2 aliphatic rings. The molecule has 0 radical (unpaired) electrons. The fourth-order valence-electron chi connectivity index (χ4n) is 3.61. The first-order valence-corrected chi connectivity index (χ1v) is 9.04. The zero-order chi connectivity index (χ0) is 21.3. The largest absolute Gasteiger partial charge is 0.479 e. The number of halogens is 1. The second-order valence-corrected chi connectivity index (χ2v) is 7.29. The molecule has 1 aromatic carbocycles. The van der Waals surface area contributed by atoms with Crippen molar-refractivity contribution in [3.8, 4) is 0 Å². The number of carbonyl (C=O) groups is 5. The number of amides is 3. The highest BCUT2D eigenvalue weighted by atomic mass is 19.1. The van der Waals surface area contributed by atoms with Crippen molar-refractivity contribution >= 4 is 35.7 Å². The molecule has 9 nitrogen and oxygen atoms in total. The van der Waals surface area contributed by atoms with E-state index in [0.717, 1.165) is 4.90 Å². The van der Waals surface area contributed by atoms with Crippen LogP contribution in [0.4, 0.5) is 10.1 Å². The molecule has 10 heteroatoms. The summed E-state index contributed by atoms with van der Waals surface area (Å²) < 4.78 is 14.0. The number of carboxylic acid groups (broad SMARTS) is 1. The van der Waals surface area contributed by atoms with Crippen LogP contribution in [0.5, 0.6) is 0 Å². The number of aldehydes is 1. The number of imide groups is 1. The minimum Gasteiger partial charge on any atom is -0.479 e. The Morgan fingerprint density at radius 3 is 2.62 bits per heavy atom. The van der Waals surface area contributed by atoms with E-state index in [2.05, 4.69) is 10.6 Å². The van der Waals surface area contributed by atoms with Gasteiger partial charge in [-0.25, -0.2) is 9.18 Å². The smallest absolute Gasteiger partial charge is 0.341 e. The first kappa shape index (κ1) is 20.4. The maximum Gasteiger partial charge on any atom is 0.341 e. The second kappa shape index (κ2) is 7.61. The number of piperidine rings is 1. The molecule has 1 aliphatic carbocycles. The SMILES string of the molecule is CN(C(=O)c1c(C=O)cccc1NC1CC(F)(C(=O)O)C1)C1CCC(=O)NC1=O. The van der Waals surface area contributed by atoms with E-state index < -0.39 is 41.4 Å². The molecule has 3 rings (SSSR count). The van der Waals surface area contributed by atoms with E-state index in [1.807, 2.05) is 0 Å². The van der Waals surface area contributed by atoms with Crippen molar-refractivity contribution in [2.45, 2.75) is 43.4 Å². The van der Waals surface area contributed by atoms with Crippen molar-refractivity contribution in [1.82, 2.24) is 10.2 Å². The summed E-state index contributed by atoms with van der Waals surface area (Å²) in [5, 5.41) is 14.0. The summed E-state index contributed by atoms with van der Waals surface area (Å²) in [4.78, 5) is 60.1. The molecule has 1 heterocycles. The number of nitrogens with zero attached hydrogens (tertiary/aromatic N) is 1. The molecule has 1 saturated heterocycles. The van der Waals surface area contributed by atoms with E-state index in [4.69, 9.17) is 5.11 Å². The fourth-order valence-corrected chi connectivity index (χ4v) is 3.61. The topological polar surface area (TPSA) is 133 Å². The molecule has 0 spiro atoms. The van der Waals surface area contributed by atoms with Gasteiger partial charge in [-0.3, -0.25) is 24.5 Å². The summed E-state index contributed by atoms with van der Waals surface area (Å²) in [5.74, 6) is -3.17. The summed E-state index contributed by atoms with van der Waals surface area (Å²) in [5.41, 5.74) is -1.99. The Labute approximate surface area is 165 Å². The number of alkyl halides is 1. The molecule has 29 heavy (non-hydrogen) atoms. The van der Waals surface area contributed by atoms with Crippen LogP contribution in [0, 0.1) is 0 Å². The Hall–Kier alpha value is -3.30. The molecule has 3 N–H and O–H groups in total. The first-order valence-electron chi connectivity index (χ1n) is 9.04. The second-order valence-electron chi connectivity index (χ2n) is 7.29. The van der Waals surface area contributed by atoms with Crippen LogP contribution in [-0.2, 0) is 14.4 Å². The summed E-state index contributed by atoms with van der Waals surface area (Å²) >= 11 is 0. The highest BCUT2D eigenvalue weighted by molar-refractivity contribution is 6.09. The molecular weight excluding hydrogens is 385 g/mol. The molecule has 0 aromatic heterocycles. The third-order valence-corrected chi connectivity index (χ3v) is 5.32. The first-order chi connectivity index (χ1) is 13.7. The fraction of sp³-hybridized carbons (Fsp3) is 0.421. The lowest BCUT2D eigenvalue weighted by molar-refractivity contribution is -0.157. The minimum atomic E-state index is -2.31. The molecule has 1 aliphatic heterocycles. The Morgan fingerprint density at radius 1 is 1.34 bits per heavy atom. The van der Waals surface area contributed by atoms with Crippen molar-refractivity contribution in [2.75, 3.05) is 12.4 Å². The maximum atomic E-state index is 14.0. The molecule has 0 bridgehead atoms. The third kappa shape index (κ3) is 3.82. The van der Waals surface area contributed by atoms with E-state index in [1.165, 1.54) is 25.2 Å². The number of rotatable bonds is 6. The van der Waals surface area contributed by atoms with Crippen LogP contribution >= 0.6 is 0 Å². The molecule has 1 atom stereocenters. The van der Waals surface area contributed by atoms with Crippen molar-refractivity contribution in [1.29, 1.82) is 0 Å². The van der Waals surface area contributed by atoms with Gasteiger partial charge < -0.3 is 15.3 Å². The number of anilines is 1. The van der Waals surface area contributed by atoms with Crippen molar-refractivity contribution in [2.24, 2.45) is 0 Å². The Morgan fingerprint density at radius 2 is 2.03 bits per heavy atom. The van der Waals surface area contributed by atoms with Crippen molar-refractivity contribution in [3.63, 3.8) is 0 Å². The average Bonchev–Trinajstić information content (AvgIpc) is 2.65. The quantitative estimate of drug-likeness (QED) is 0.470. The average molecular weight is 405 g/mol. The Bertz CT molecular complexity index is 896. The van der Waals surface area contributed by atoms with Gasteiger partial charge in [-0.2, -0.15) is 0 Å². The number of aliphatic carboxylic acids is 1. The summed E-state index contributed by atoms with van der Waals surface area (Å²) in [6.45, 7) is 0. The molecule has 2 fully saturated rings. The highest BCUT2D eigenvalue weighted by Crippen LogP contribution is 2.39. The number of benzene rings is 1. The van der Waals surface area contributed by atoms with Gasteiger partial charge >= 0.3 is 5.97 Å². The van der Waals surface area contributed by atoms with Crippen LogP contribution in [0.15, 0.2) is 18.2 Å². The van der Waals surface area contributed by atoms with Gasteiger partial charge in [-0.05, 0) is 12.5 Å². The monoisotopic (exact) mass is 405 g/mol. The number of hydrogen-bond acceptors (Lipinski definition) is 6. The number of carbonyl (C=O) groups excluding carboxylic acids is 4. The van der Waals surface area contributed by atoms with E-state index in [9.17, 15) is 28.4 Å². The molecule has 1 saturated carbocycles. The number of hydrogen-bond donors (Lipinski definition) is 3. The summed E-state index contributed by atoms with van der Waals surface area (Å²) in [6.07, 6.45) is 0.192. The maximum absolute atomic E-state index is 14.0. The van der Waals surface area contributed by atoms with E-state index in [0.29, 0.717) is 6.29 Å². The number of nitrogens with one attached hydrogen (secondary N) is 2. The number of likely N-dealkylation sites (N-methyl/N-ethyl adjacent to an activating group) is 1. The van der Waals surface area contributed by atoms with Gasteiger partial charge in [0.05, 0.1) is 5.56 Å². The Kier molecular flexibility index (Phi) is 5.36. The van der Waals surface area contributed by atoms with Crippen LogP contribution in [0.2, 0.25) is 0 Å². The zero-order valence-electron chi connectivity index (χ0n) is 15.6. The predicted octanol–water partition coefficient (Wildman–Crippen LogP) is 0.743. The van der Waals surface area contributed by atoms with E-state index >= 15 is 0 Å². The van der Waals surface area contributed by atoms with Gasteiger partial charge in [0.2, 0.25) is 17.5 Å². The molecule has 3 amide bonds. The van der Waals surface area contributed by atoms with Gasteiger partial charge in [0.25, 0.3) is 5.91 Å². The normalized spacial score (nSPS) is 26.1. The summed E-state index contributed by atoms with van der Waals surface area (Å²) in [6, 6.07) is 3.10. The zero-order valence-corrected chi connectivity index (χ0v) is 15.6. The predicted molar refractivity (Wildman–Crippen MR) is 98.2 cm³/mol. The van der Waals surface area contributed by atoms with Crippen molar-refractivity contribution in [3.05, 3.63) is 29.3 Å². The van der Waals surface area contributed by atoms with Gasteiger partial charge in [0.1, 0.15) is 6.04 Å². The van der Waals surface area contributed by atoms with Gasteiger partial charge in [0, 0.05) is 43.6 Å². The standard InChI is InChI=1S/C19H20FN3O6/c1-23(13-5-6-14(25)22-16(13)26)17(27)15-10(9-24)3-2-4-12(15)21-11-7-19(20,8-11)18(28)29/h2-4,9,11,13,21H,5-8H2,1H3,(H,28,29)(H,22,25,26). The minimum absolute atomic E-state index is 0.00128. The Balaban J connectivity index is 1.83. The van der Waals surface area contributed by atoms with Gasteiger partial charge in [-0.1, -0.05) is 12.1 Å². The van der Waals surface area contributed by atoms with Crippen LogP contribution in [0.3, 0.4) is 0 Å². The molecule has 1 aromatic rings.